The van der Waals surface area contributed by atoms with E-state index in [4.69, 9.17) is 9.47 Å². The normalized spacial score (nSPS) is 16.0. The molecule has 5 aromatic rings. The second kappa shape index (κ2) is 15.8. The first kappa shape index (κ1) is 33.0. The summed E-state index contributed by atoms with van der Waals surface area (Å²) in [4.78, 5) is 16.6. The second-order valence-corrected chi connectivity index (χ2v) is 13.9. The molecule has 1 aliphatic heterocycles. The third kappa shape index (κ3) is 7.03. The van der Waals surface area contributed by atoms with E-state index in [1.54, 1.807) is 14.2 Å². The van der Waals surface area contributed by atoms with Gasteiger partial charge in [-0.25, -0.2) is 0 Å². The van der Waals surface area contributed by atoms with Crippen LogP contribution in [-0.4, -0.2) is 42.2 Å². The Bertz CT molecular complexity index is 1740. The van der Waals surface area contributed by atoms with Gasteiger partial charge in [0.05, 0.1) is 20.3 Å². The highest BCUT2D eigenvalue weighted by atomic mass is 32.2. The summed E-state index contributed by atoms with van der Waals surface area (Å²) >= 11 is 2.10. The third-order valence-corrected chi connectivity index (χ3v) is 10.8. The predicted octanol–water partition coefficient (Wildman–Crippen LogP) is 10.7. The summed E-state index contributed by atoms with van der Waals surface area (Å²) in [6.45, 7) is 2.27. The lowest BCUT2D eigenvalue weighted by Gasteiger charge is -2.42. The van der Waals surface area contributed by atoms with E-state index in [-0.39, 0.29) is 18.0 Å². The molecule has 0 spiro atoms. The van der Waals surface area contributed by atoms with Crippen LogP contribution in [0.2, 0.25) is 0 Å². The van der Waals surface area contributed by atoms with Gasteiger partial charge in [0.1, 0.15) is 0 Å². The molecule has 1 aliphatic rings. The molecule has 0 radical (unpaired) electrons. The van der Waals surface area contributed by atoms with Gasteiger partial charge in [-0.2, -0.15) is 11.8 Å². The number of carbonyl (C=O) groups is 1. The zero-order chi connectivity index (χ0) is 32.6. The van der Waals surface area contributed by atoms with Crippen molar-refractivity contribution in [2.24, 2.45) is 0 Å². The van der Waals surface area contributed by atoms with Gasteiger partial charge in [-0.05, 0) is 79.2 Å². The summed E-state index contributed by atoms with van der Waals surface area (Å²) in [6.07, 6.45) is 10.6. The van der Waals surface area contributed by atoms with Crippen molar-refractivity contribution in [3.8, 4) is 11.5 Å². The first-order chi connectivity index (χ1) is 23.2. The second-order valence-electron chi connectivity index (χ2n) is 12.6. The topological polar surface area (TPSA) is 43.7 Å². The summed E-state index contributed by atoms with van der Waals surface area (Å²) in [5, 5.41) is 2.54. The van der Waals surface area contributed by atoms with Gasteiger partial charge in [0.15, 0.2) is 11.5 Å². The van der Waals surface area contributed by atoms with E-state index in [1.807, 2.05) is 18.2 Å². The number of anilines is 1. The molecule has 0 N–H and O–H groups in total. The van der Waals surface area contributed by atoms with E-state index in [9.17, 15) is 4.79 Å². The summed E-state index contributed by atoms with van der Waals surface area (Å²) in [5.41, 5.74) is 5.27. The van der Waals surface area contributed by atoms with Gasteiger partial charge in [-0.15, -0.1) is 0 Å². The van der Waals surface area contributed by atoms with Crippen molar-refractivity contribution in [2.75, 3.05) is 30.6 Å². The highest BCUT2D eigenvalue weighted by Gasteiger charge is 2.38. The number of thioether (sulfide) groups is 1. The van der Waals surface area contributed by atoms with Gasteiger partial charge in [-0.3, -0.25) is 4.79 Å². The van der Waals surface area contributed by atoms with E-state index >= 15 is 0 Å². The molecule has 1 amide bonds. The number of aromatic nitrogens is 1. The maximum absolute atomic E-state index is 14.6. The Kier molecular flexibility index (Phi) is 11.1. The zero-order valence-corrected chi connectivity index (χ0v) is 28.9. The number of unbranched alkanes of at least 4 members (excludes halogenated alkanes) is 5. The molecule has 2 unspecified atom stereocenters. The first-order valence-corrected chi connectivity index (χ1v) is 18.5. The minimum atomic E-state index is 0.00621. The van der Waals surface area contributed by atoms with Crippen molar-refractivity contribution in [1.29, 1.82) is 0 Å². The number of hydrogen-bond acceptors (Lipinski definition) is 4. The molecule has 47 heavy (non-hydrogen) atoms. The maximum atomic E-state index is 14.6. The minimum absolute atomic E-state index is 0.00621. The van der Waals surface area contributed by atoms with Crippen molar-refractivity contribution in [3.63, 3.8) is 0 Å². The number of carbonyl (C=O) groups excluding carboxylic acids is 1. The molecule has 1 aromatic heterocycles. The maximum Gasteiger partial charge on any atom is 0.258 e. The Morgan fingerprint density at radius 1 is 0.745 bits per heavy atom. The van der Waals surface area contributed by atoms with E-state index in [2.05, 4.69) is 101 Å². The molecule has 0 saturated carbocycles. The quantitative estimate of drug-likeness (QED) is 0.106. The Labute approximate surface area is 284 Å². The molecule has 246 valence electrons. The summed E-state index contributed by atoms with van der Waals surface area (Å²) in [7, 11) is 3.24. The smallest absolute Gasteiger partial charge is 0.258 e. The van der Waals surface area contributed by atoms with Gasteiger partial charge < -0.3 is 18.9 Å². The number of rotatable bonds is 15. The molecule has 6 heteroatoms. The molecular weight excluding hydrogens is 601 g/mol. The number of nitrogens with zero attached hydrogens (tertiary/aromatic N) is 2. The molecule has 2 heterocycles. The molecule has 0 fully saturated rings. The first-order valence-electron chi connectivity index (χ1n) is 17.4. The van der Waals surface area contributed by atoms with E-state index < -0.39 is 0 Å². The number of fused-ring (bicyclic) bond motifs is 4. The van der Waals surface area contributed by atoms with Crippen LogP contribution in [0.1, 0.15) is 86.7 Å². The van der Waals surface area contributed by atoms with Crippen LogP contribution in [-0.2, 0) is 0 Å². The van der Waals surface area contributed by atoms with Crippen LogP contribution in [0, 0.1) is 0 Å². The van der Waals surface area contributed by atoms with Crippen LogP contribution in [0.5, 0.6) is 11.5 Å². The largest absolute Gasteiger partial charge is 0.493 e. The number of para-hydroxylation sites is 3. The zero-order valence-electron chi connectivity index (χ0n) is 28.1. The minimum Gasteiger partial charge on any atom is -0.493 e. The van der Waals surface area contributed by atoms with Crippen molar-refractivity contribution < 1.29 is 14.3 Å². The number of ether oxygens (including phenoxy) is 2. The van der Waals surface area contributed by atoms with Crippen LogP contribution in [0.4, 0.5) is 5.69 Å². The Morgan fingerprint density at radius 2 is 1.38 bits per heavy atom. The van der Waals surface area contributed by atoms with Gasteiger partial charge in [0.2, 0.25) is 0 Å². The number of amides is 1. The molecular formula is C41H48N2O3S. The van der Waals surface area contributed by atoms with Gasteiger partial charge in [0, 0.05) is 39.1 Å². The molecule has 0 bridgehead atoms. The lowest BCUT2D eigenvalue weighted by Crippen LogP contribution is -2.46. The predicted molar refractivity (Wildman–Crippen MR) is 199 cm³/mol. The highest BCUT2D eigenvalue weighted by molar-refractivity contribution is 7.99. The molecule has 0 saturated heterocycles. The Morgan fingerprint density at radius 3 is 2.06 bits per heavy atom. The molecule has 2 atom stereocenters. The monoisotopic (exact) mass is 648 g/mol. The van der Waals surface area contributed by atoms with Crippen LogP contribution >= 0.6 is 11.8 Å². The Balaban J connectivity index is 1.32. The van der Waals surface area contributed by atoms with E-state index in [0.717, 1.165) is 24.9 Å². The van der Waals surface area contributed by atoms with E-state index in [0.29, 0.717) is 17.1 Å². The fraction of sp³-hybridized carbons (Fsp3) is 0.390. The van der Waals surface area contributed by atoms with Crippen molar-refractivity contribution >= 4 is 45.2 Å². The van der Waals surface area contributed by atoms with Crippen molar-refractivity contribution in [2.45, 2.75) is 76.8 Å². The van der Waals surface area contributed by atoms with Crippen LogP contribution in [0.25, 0.3) is 21.8 Å². The summed E-state index contributed by atoms with van der Waals surface area (Å²) in [6, 6.07) is 31.7. The van der Waals surface area contributed by atoms with E-state index in [1.165, 1.54) is 77.4 Å². The van der Waals surface area contributed by atoms with Crippen molar-refractivity contribution in [3.05, 3.63) is 102 Å². The molecule has 0 aliphatic carbocycles. The SMILES string of the molecule is CCCCCCSCCCCCC1CC(n2c3ccccc3c3ccccc32)c2ccccc2N1C(=O)c1ccc(OC)c(OC)c1. The van der Waals surface area contributed by atoms with Gasteiger partial charge in [-0.1, -0.05) is 93.6 Å². The van der Waals surface area contributed by atoms with Gasteiger partial charge >= 0.3 is 0 Å². The number of benzene rings is 4. The van der Waals surface area contributed by atoms with Crippen molar-refractivity contribution in [1.82, 2.24) is 4.57 Å². The molecule has 5 nitrogen and oxygen atoms in total. The van der Waals surface area contributed by atoms with Crippen LogP contribution in [0.3, 0.4) is 0 Å². The van der Waals surface area contributed by atoms with Crippen LogP contribution < -0.4 is 14.4 Å². The molecule has 4 aromatic carbocycles. The van der Waals surface area contributed by atoms with Crippen LogP contribution in [0.15, 0.2) is 91.0 Å². The number of methoxy groups -OCH3 is 2. The average molecular weight is 649 g/mol. The van der Waals surface area contributed by atoms with Gasteiger partial charge in [0.25, 0.3) is 5.91 Å². The highest BCUT2D eigenvalue weighted by Crippen LogP contribution is 2.45. The number of hydrogen-bond donors (Lipinski definition) is 0. The summed E-state index contributed by atoms with van der Waals surface area (Å²) in [5.74, 6) is 3.68. The Hall–Kier alpha value is -3.90. The lowest BCUT2D eigenvalue weighted by molar-refractivity contribution is 0.0968. The lowest BCUT2D eigenvalue weighted by atomic mass is 9.87. The molecule has 6 rings (SSSR count). The standard InChI is InChI=1S/C41H48N2O3S/c1-4-5-6-15-26-47-27-16-7-8-17-31-29-38(43-35-21-12-9-18-32(35)33-19-10-13-22-36(33)43)34-20-11-14-23-37(34)42(31)41(44)30-24-25-39(45-2)40(28-30)46-3/h9-14,18-25,28,31,38H,4-8,15-17,26-27,29H2,1-3H3. The third-order valence-electron chi connectivity index (χ3n) is 9.66. The summed E-state index contributed by atoms with van der Waals surface area (Å²) < 4.78 is 13.6. The fourth-order valence-corrected chi connectivity index (χ4v) is 8.35. The fourth-order valence-electron chi connectivity index (χ4n) is 7.33. The average Bonchev–Trinajstić information content (AvgIpc) is 3.45.